The summed E-state index contributed by atoms with van der Waals surface area (Å²) >= 11 is 6.97. The van der Waals surface area contributed by atoms with Gasteiger partial charge in [-0.25, -0.2) is 4.79 Å². The number of thiazole rings is 1. The molecule has 1 aromatic heterocycles. The van der Waals surface area contributed by atoms with Crippen LogP contribution in [0.4, 0.5) is 0 Å². The van der Waals surface area contributed by atoms with Gasteiger partial charge in [0, 0.05) is 0 Å². The molecule has 0 fully saturated rings. The second-order valence-corrected chi connectivity index (χ2v) is 4.23. The lowest BCUT2D eigenvalue weighted by Gasteiger charge is -1.98. The summed E-state index contributed by atoms with van der Waals surface area (Å²) in [6.07, 6.45) is 0.881. The smallest absolute Gasteiger partial charge is 0.359 e. The van der Waals surface area contributed by atoms with E-state index in [0.717, 1.165) is 17.8 Å². The van der Waals surface area contributed by atoms with Crippen LogP contribution in [0.3, 0.4) is 0 Å². The largest absolute Gasteiger partial charge is 0.470 e. The summed E-state index contributed by atoms with van der Waals surface area (Å²) in [5.41, 5.74) is 0.134. The van der Waals surface area contributed by atoms with E-state index in [9.17, 15) is 4.79 Å². The highest BCUT2D eigenvalue weighted by molar-refractivity contribution is 7.17. The molecule has 0 radical (unpaired) electrons. The van der Waals surface area contributed by atoms with E-state index in [4.69, 9.17) is 21.1 Å². The molecule has 0 aliphatic heterocycles. The first-order chi connectivity index (χ1) is 7.19. The minimum Gasteiger partial charge on any atom is -0.470 e. The van der Waals surface area contributed by atoms with Gasteiger partial charge in [-0.3, -0.25) is 0 Å². The SMILES string of the molecule is CCCOc1nc(C(=O)OCC)c(Cl)s1. The number of nitrogens with zero attached hydrogens (tertiary/aromatic N) is 1. The Labute approximate surface area is 97.2 Å². The van der Waals surface area contributed by atoms with E-state index in [2.05, 4.69) is 4.98 Å². The maximum Gasteiger partial charge on any atom is 0.359 e. The average Bonchev–Trinajstić information content (AvgIpc) is 2.57. The number of esters is 1. The molecule has 0 bridgehead atoms. The molecule has 0 saturated heterocycles. The lowest BCUT2D eigenvalue weighted by molar-refractivity contribution is 0.0519. The van der Waals surface area contributed by atoms with E-state index in [0.29, 0.717) is 22.7 Å². The molecule has 0 N–H and O–H groups in total. The molecule has 0 unspecified atom stereocenters. The van der Waals surface area contributed by atoms with Crippen molar-refractivity contribution in [2.45, 2.75) is 20.3 Å². The van der Waals surface area contributed by atoms with Crippen LogP contribution in [0.25, 0.3) is 0 Å². The lowest BCUT2D eigenvalue weighted by atomic mass is 10.5. The van der Waals surface area contributed by atoms with Crippen LogP contribution < -0.4 is 4.74 Å². The van der Waals surface area contributed by atoms with E-state index in [1.807, 2.05) is 6.92 Å². The molecule has 0 aromatic carbocycles. The van der Waals surface area contributed by atoms with Gasteiger partial charge >= 0.3 is 5.97 Å². The Morgan fingerprint density at radius 1 is 1.53 bits per heavy atom. The van der Waals surface area contributed by atoms with Crippen LogP contribution in [0.15, 0.2) is 0 Å². The van der Waals surface area contributed by atoms with Crippen molar-refractivity contribution in [1.82, 2.24) is 4.98 Å². The summed E-state index contributed by atoms with van der Waals surface area (Å²) in [4.78, 5) is 15.3. The van der Waals surface area contributed by atoms with Crippen LogP contribution in [-0.4, -0.2) is 24.2 Å². The molecule has 84 valence electrons. The predicted octanol–water partition coefficient (Wildman–Crippen LogP) is 2.76. The van der Waals surface area contributed by atoms with Gasteiger partial charge in [-0.15, -0.1) is 0 Å². The van der Waals surface area contributed by atoms with Gasteiger partial charge in [0.1, 0.15) is 4.34 Å². The van der Waals surface area contributed by atoms with Gasteiger partial charge in [0.2, 0.25) is 0 Å². The third-order valence-corrected chi connectivity index (χ3v) is 2.63. The number of carbonyl (C=O) groups is 1. The number of carbonyl (C=O) groups excluding carboxylic acids is 1. The standard InChI is InChI=1S/C9H12ClNO3S/c1-3-5-14-9-11-6(7(10)15-9)8(12)13-4-2/h3-5H2,1-2H3. The maximum absolute atomic E-state index is 11.3. The van der Waals surface area contributed by atoms with E-state index in [-0.39, 0.29) is 5.69 Å². The fraction of sp³-hybridized carbons (Fsp3) is 0.556. The Morgan fingerprint density at radius 2 is 2.27 bits per heavy atom. The number of ether oxygens (including phenoxy) is 2. The number of rotatable bonds is 5. The average molecular weight is 250 g/mol. The van der Waals surface area contributed by atoms with Crippen molar-refractivity contribution in [3.8, 4) is 5.19 Å². The van der Waals surface area contributed by atoms with Crippen LogP contribution in [0.5, 0.6) is 5.19 Å². The Hall–Kier alpha value is -0.810. The number of halogens is 1. The molecule has 6 heteroatoms. The van der Waals surface area contributed by atoms with Crippen LogP contribution in [0, 0.1) is 0 Å². The summed E-state index contributed by atoms with van der Waals surface area (Å²) in [5.74, 6) is -0.509. The molecule has 1 heterocycles. The summed E-state index contributed by atoms with van der Waals surface area (Å²) in [6.45, 7) is 4.58. The van der Waals surface area contributed by atoms with E-state index in [1.54, 1.807) is 6.92 Å². The van der Waals surface area contributed by atoms with Crippen molar-refractivity contribution in [3.63, 3.8) is 0 Å². The Bertz CT molecular complexity index is 340. The van der Waals surface area contributed by atoms with Crippen LogP contribution in [0.1, 0.15) is 30.8 Å². The second kappa shape index (κ2) is 5.92. The maximum atomic E-state index is 11.3. The number of hydrogen-bond donors (Lipinski definition) is 0. The van der Waals surface area contributed by atoms with Gasteiger partial charge in [-0.05, 0) is 13.3 Å². The summed E-state index contributed by atoms with van der Waals surface area (Å²) in [6, 6.07) is 0. The number of aromatic nitrogens is 1. The first-order valence-electron chi connectivity index (χ1n) is 4.65. The summed E-state index contributed by atoms with van der Waals surface area (Å²) < 4.78 is 10.4. The Balaban J connectivity index is 2.72. The first-order valence-corrected chi connectivity index (χ1v) is 5.84. The van der Waals surface area contributed by atoms with Crippen LogP contribution >= 0.6 is 22.9 Å². The summed E-state index contributed by atoms with van der Waals surface area (Å²) in [7, 11) is 0. The molecule has 0 aliphatic rings. The van der Waals surface area contributed by atoms with Crippen molar-refractivity contribution < 1.29 is 14.3 Å². The topological polar surface area (TPSA) is 48.4 Å². The van der Waals surface area contributed by atoms with Gasteiger partial charge < -0.3 is 9.47 Å². The zero-order valence-corrected chi connectivity index (χ0v) is 10.2. The quantitative estimate of drug-likeness (QED) is 0.753. The van der Waals surface area contributed by atoms with Gasteiger partial charge in [-0.2, -0.15) is 4.98 Å². The predicted molar refractivity (Wildman–Crippen MR) is 58.9 cm³/mol. The van der Waals surface area contributed by atoms with Crippen molar-refractivity contribution in [2.24, 2.45) is 0 Å². The minimum atomic E-state index is -0.509. The fourth-order valence-electron chi connectivity index (χ4n) is 0.860. The van der Waals surface area contributed by atoms with Crippen molar-refractivity contribution >= 4 is 28.9 Å². The normalized spacial score (nSPS) is 10.1. The molecule has 0 atom stereocenters. The van der Waals surface area contributed by atoms with Crippen molar-refractivity contribution in [2.75, 3.05) is 13.2 Å². The molecule has 15 heavy (non-hydrogen) atoms. The van der Waals surface area contributed by atoms with Crippen molar-refractivity contribution in [1.29, 1.82) is 0 Å². The Kier molecular flexibility index (Phi) is 4.84. The molecule has 0 spiro atoms. The monoisotopic (exact) mass is 249 g/mol. The fourth-order valence-corrected chi connectivity index (χ4v) is 1.84. The van der Waals surface area contributed by atoms with Gasteiger partial charge in [0.05, 0.1) is 13.2 Å². The molecule has 0 aliphatic carbocycles. The van der Waals surface area contributed by atoms with Crippen LogP contribution in [-0.2, 0) is 4.74 Å². The molecular formula is C9H12ClNO3S. The lowest BCUT2D eigenvalue weighted by Crippen LogP contribution is -2.05. The third kappa shape index (κ3) is 3.35. The minimum absolute atomic E-state index is 0.134. The zero-order valence-electron chi connectivity index (χ0n) is 8.58. The Morgan fingerprint density at radius 3 is 2.87 bits per heavy atom. The van der Waals surface area contributed by atoms with Crippen molar-refractivity contribution in [3.05, 3.63) is 10.0 Å². The van der Waals surface area contributed by atoms with Gasteiger partial charge in [0.25, 0.3) is 5.19 Å². The highest BCUT2D eigenvalue weighted by Gasteiger charge is 2.18. The number of hydrogen-bond acceptors (Lipinski definition) is 5. The molecule has 0 amide bonds. The van der Waals surface area contributed by atoms with Gasteiger partial charge in [-0.1, -0.05) is 29.9 Å². The van der Waals surface area contributed by atoms with E-state index in [1.165, 1.54) is 0 Å². The van der Waals surface area contributed by atoms with E-state index >= 15 is 0 Å². The van der Waals surface area contributed by atoms with E-state index < -0.39 is 5.97 Å². The molecule has 4 nitrogen and oxygen atoms in total. The first kappa shape index (κ1) is 12.3. The summed E-state index contributed by atoms with van der Waals surface area (Å²) in [5, 5.41) is 0.407. The second-order valence-electron chi connectivity index (χ2n) is 2.67. The third-order valence-electron chi connectivity index (χ3n) is 1.46. The molecule has 1 rings (SSSR count). The zero-order chi connectivity index (χ0) is 11.3. The molecular weight excluding hydrogens is 238 g/mol. The van der Waals surface area contributed by atoms with Gasteiger partial charge in [0.15, 0.2) is 5.69 Å². The molecule has 0 saturated carbocycles. The highest BCUT2D eigenvalue weighted by atomic mass is 35.5. The van der Waals surface area contributed by atoms with Crippen LogP contribution in [0.2, 0.25) is 4.34 Å². The molecule has 1 aromatic rings. The highest BCUT2D eigenvalue weighted by Crippen LogP contribution is 2.30.